The summed E-state index contributed by atoms with van der Waals surface area (Å²) in [6.07, 6.45) is 3.86. The fourth-order valence-corrected chi connectivity index (χ4v) is 4.16. The van der Waals surface area contributed by atoms with Crippen LogP contribution in [0.3, 0.4) is 0 Å². The first-order valence-electron chi connectivity index (χ1n) is 10.2. The molecule has 2 heterocycles. The summed E-state index contributed by atoms with van der Waals surface area (Å²) in [6.45, 7) is 3.96. The molecule has 3 fully saturated rings. The standard InChI is InChI=1S/C21H29N3O3/c25-20(23-12-14-27-15-13-23)18-8-10-24(11-9-18)21(26)22-19(17-6-7-17)16-4-2-1-3-5-16/h1-5,17-19H,6-15H2,(H,22,26). The molecule has 2 aliphatic heterocycles. The summed E-state index contributed by atoms with van der Waals surface area (Å²) in [4.78, 5) is 29.2. The van der Waals surface area contributed by atoms with E-state index < -0.39 is 0 Å². The highest BCUT2D eigenvalue weighted by Crippen LogP contribution is 2.41. The molecule has 4 rings (SSSR count). The van der Waals surface area contributed by atoms with Crippen molar-refractivity contribution in [2.45, 2.75) is 31.7 Å². The van der Waals surface area contributed by atoms with E-state index in [1.807, 2.05) is 28.0 Å². The van der Waals surface area contributed by atoms with Crippen molar-refractivity contribution in [2.24, 2.45) is 11.8 Å². The molecule has 146 valence electrons. The monoisotopic (exact) mass is 371 g/mol. The molecule has 1 aromatic carbocycles. The number of hydrogen-bond acceptors (Lipinski definition) is 3. The molecule has 27 heavy (non-hydrogen) atoms. The van der Waals surface area contributed by atoms with Crippen LogP contribution in [0.4, 0.5) is 4.79 Å². The van der Waals surface area contributed by atoms with Gasteiger partial charge in [0.25, 0.3) is 0 Å². The van der Waals surface area contributed by atoms with Crippen LogP contribution in [0.25, 0.3) is 0 Å². The first-order valence-corrected chi connectivity index (χ1v) is 10.2. The van der Waals surface area contributed by atoms with Crippen molar-refractivity contribution in [3.8, 4) is 0 Å². The Balaban J connectivity index is 1.30. The number of carbonyl (C=O) groups is 2. The van der Waals surface area contributed by atoms with Crippen molar-refractivity contribution in [2.75, 3.05) is 39.4 Å². The van der Waals surface area contributed by atoms with Gasteiger partial charge < -0.3 is 19.9 Å². The molecule has 0 bridgehead atoms. The average molecular weight is 371 g/mol. The van der Waals surface area contributed by atoms with Crippen LogP contribution in [-0.4, -0.2) is 61.1 Å². The van der Waals surface area contributed by atoms with Crippen LogP contribution in [0.15, 0.2) is 30.3 Å². The number of nitrogens with zero attached hydrogens (tertiary/aromatic N) is 2. The summed E-state index contributed by atoms with van der Waals surface area (Å²) >= 11 is 0. The van der Waals surface area contributed by atoms with Crippen LogP contribution in [0.5, 0.6) is 0 Å². The van der Waals surface area contributed by atoms with Crippen molar-refractivity contribution in [1.29, 1.82) is 0 Å². The maximum absolute atomic E-state index is 12.8. The van der Waals surface area contributed by atoms with Gasteiger partial charge in [0.2, 0.25) is 5.91 Å². The SMILES string of the molecule is O=C(NC(c1ccccc1)C1CC1)N1CCC(C(=O)N2CCOCC2)CC1. The van der Waals surface area contributed by atoms with Crippen LogP contribution in [0.1, 0.15) is 37.3 Å². The Morgan fingerprint density at radius 1 is 0.926 bits per heavy atom. The van der Waals surface area contributed by atoms with E-state index in [9.17, 15) is 9.59 Å². The first kappa shape index (κ1) is 18.3. The van der Waals surface area contributed by atoms with E-state index in [2.05, 4.69) is 17.4 Å². The van der Waals surface area contributed by atoms with Gasteiger partial charge in [0.15, 0.2) is 0 Å². The number of morpholine rings is 1. The molecule has 3 aliphatic rings. The summed E-state index contributed by atoms with van der Waals surface area (Å²) < 4.78 is 5.33. The van der Waals surface area contributed by atoms with E-state index in [1.54, 1.807) is 0 Å². The average Bonchev–Trinajstić information content (AvgIpc) is 3.58. The fourth-order valence-electron chi connectivity index (χ4n) is 4.16. The number of ether oxygens (including phenoxy) is 1. The normalized spacial score (nSPS) is 22.4. The third-order valence-electron chi connectivity index (χ3n) is 5.99. The molecule has 0 radical (unpaired) electrons. The highest BCUT2D eigenvalue weighted by molar-refractivity contribution is 5.80. The third-order valence-corrected chi connectivity index (χ3v) is 5.99. The van der Waals surface area contributed by atoms with Gasteiger partial charge in [0.1, 0.15) is 0 Å². The van der Waals surface area contributed by atoms with E-state index in [1.165, 1.54) is 18.4 Å². The van der Waals surface area contributed by atoms with Gasteiger partial charge in [-0.3, -0.25) is 4.79 Å². The minimum Gasteiger partial charge on any atom is -0.378 e. The van der Waals surface area contributed by atoms with E-state index in [0.717, 1.165) is 12.8 Å². The van der Waals surface area contributed by atoms with E-state index >= 15 is 0 Å². The molecule has 1 aliphatic carbocycles. The quantitative estimate of drug-likeness (QED) is 0.884. The maximum atomic E-state index is 12.8. The molecule has 3 amide bonds. The van der Waals surface area contributed by atoms with Crippen molar-refractivity contribution in [3.05, 3.63) is 35.9 Å². The molecule has 6 nitrogen and oxygen atoms in total. The summed E-state index contributed by atoms with van der Waals surface area (Å²) in [5.41, 5.74) is 1.19. The van der Waals surface area contributed by atoms with E-state index in [4.69, 9.17) is 4.74 Å². The zero-order valence-corrected chi connectivity index (χ0v) is 15.8. The van der Waals surface area contributed by atoms with Crippen LogP contribution in [0.2, 0.25) is 0 Å². The number of carbonyl (C=O) groups excluding carboxylic acids is 2. The topological polar surface area (TPSA) is 61.9 Å². The molecular formula is C21H29N3O3. The van der Waals surface area contributed by atoms with Crippen LogP contribution >= 0.6 is 0 Å². The Hall–Kier alpha value is -2.08. The summed E-state index contributed by atoms with van der Waals surface area (Å²) in [6, 6.07) is 10.4. The predicted octanol–water partition coefficient (Wildman–Crippen LogP) is 2.42. The smallest absolute Gasteiger partial charge is 0.317 e. The van der Waals surface area contributed by atoms with Crippen molar-refractivity contribution < 1.29 is 14.3 Å². The van der Waals surface area contributed by atoms with Crippen molar-refractivity contribution in [3.63, 3.8) is 0 Å². The number of amides is 3. The zero-order chi connectivity index (χ0) is 18.6. The highest BCUT2D eigenvalue weighted by atomic mass is 16.5. The number of urea groups is 1. The minimum absolute atomic E-state index is 0.00743. The number of rotatable bonds is 4. The molecule has 0 aromatic heterocycles. The Bertz CT molecular complexity index is 648. The molecule has 1 unspecified atom stereocenters. The molecule has 1 atom stereocenters. The Morgan fingerprint density at radius 2 is 1.59 bits per heavy atom. The summed E-state index contributed by atoms with van der Waals surface area (Å²) in [5, 5.41) is 3.25. The molecule has 6 heteroatoms. The molecule has 1 N–H and O–H groups in total. The van der Waals surface area contributed by atoms with Crippen LogP contribution in [0, 0.1) is 11.8 Å². The van der Waals surface area contributed by atoms with E-state index in [-0.39, 0.29) is 23.9 Å². The second-order valence-electron chi connectivity index (χ2n) is 7.87. The molecule has 1 aromatic rings. The lowest BCUT2D eigenvalue weighted by Gasteiger charge is -2.36. The van der Waals surface area contributed by atoms with Gasteiger partial charge in [-0.15, -0.1) is 0 Å². The Morgan fingerprint density at radius 3 is 2.22 bits per heavy atom. The largest absolute Gasteiger partial charge is 0.378 e. The third kappa shape index (κ3) is 4.43. The highest BCUT2D eigenvalue weighted by Gasteiger charge is 2.36. The first-order chi connectivity index (χ1) is 13.2. The number of nitrogens with one attached hydrogen (secondary N) is 1. The van der Waals surface area contributed by atoms with Gasteiger partial charge in [-0.05, 0) is 37.2 Å². The number of piperidine rings is 1. The van der Waals surface area contributed by atoms with Gasteiger partial charge in [0.05, 0.1) is 19.3 Å². The lowest BCUT2D eigenvalue weighted by Crippen LogP contribution is -2.50. The number of benzene rings is 1. The maximum Gasteiger partial charge on any atom is 0.317 e. The summed E-state index contributed by atoms with van der Waals surface area (Å²) in [5.74, 6) is 0.829. The van der Waals surface area contributed by atoms with Gasteiger partial charge in [-0.1, -0.05) is 30.3 Å². The number of hydrogen-bond donors (Lipinski definition) is 1. The van der Waals surface area contributed by atoms with Crippen molar-refractivity contribution in [1.82, 2.24) is 15.1 Å². The second kappa shape index (κ2) is 8.30. The van der Waals surface area contributed by atoms with Crippen molar-refractivity contribution >= 4 is 11.9 Å². The summed E-state index contributed by atoms with van der Waals surface area (Å²) in [7, 11) is 0. The number of likely N-dealkylation sites (tertiary alicyclic amines) is 1. The molecule has 1 saturated carbocycles. The van der Waals surface area contributed by atoms with Crippen LogP contribution in [-0.2, 0) is 9.53 Å². The van der Waals surface area contributed by atoms with E-state index in [0.29, 0.717) is 45.3 Å². The zero-order valence-electron chi connectivity index (χ0n) is 15.8. The Kier molecular flexibility index (Phi) is 5.62. The van der Waals surface area contributed by atoms with Gasteiger partial charge in [-0.25, -0.2) is 4.79 Å². The lowest BCUT2D eigenvalue weighted by molar-refractivity contribution is -0.141. The second-order valence-corrected chi connectivity index (χ2v) is 7.87. The van der Waals surface area contributed by atoms with Gasteiger partial charge in [0, 0.05) is 32.1 Å². The molecule has 0 spiro atoms. The Labute approximate surface area is 160 Å². The predicted molar refractivity (Wildman–Crippen MR) is 102 cm³/mol. The minimum atomic E-state index is 0.00743. The van der Waals surface area contributed by atoms with Crippen LogP contribution < -0.4 is 5.32 Å². The fraction of sp³-hybridized carbons (Fsp3) is 0.619. The van der Waals surface area contributed by atoms with Gasteiger partial charge >= 0.3 is 6.03 Å². The molecule has 2 saturated heterocycles. The van der Waals surface area contributed by atoms with Gasteiger partial charge in [-0.2, -0.15) is 0 Å². The lowest BCUT2D eigenvalue weighted by atomic mass is 9.95. The molecular weight excluding hydrogens is 342 g/mol.